The lowest BCUT2D eigenvalue weighted by molar-refractivity contribution is 0.0953. The van der Waals surface area contributed by atoms with Gasteiger partial charge in [0.2, 0.25) is 0 Å². The molecule has 4 heteroatoms. The maximum atomic E-state index is 11.5. The second-order valence-corrected chi connectivity index (χ2v) is 3.30. The molecule has 0 aromatic carbocycles. The second-order valence-electron chi connectivity index (χ2n) is 2.44. The highest BCUT2D eigenvalue weighted by Gasteiger charge is 2.08. The van der Waals surface area contributed by atoms with Gasteiger partial charge >= 0.3 is 0 Å². The van der Waals surface area contributed by atoms with E-state index in [1.165, 1.54) is 0 Å². The van der Waals surface area contributed by atoms with Crippen molar-refractivity contribution >= 4 is 21.8 Å². The Morgan fingerprint density at radius 3 is 3.14 bits per heavy atom. The van der Waals surface area contributed by atoms with E-state index in [0.29, 0.717) is 16.7 Å². The standard InChI is InChI=1S/C10H9BrN2O/c1-2-3-6-13-10(14)9-8(11)5-4-7-12-9/h4-5,7H,6H2,1H3,(H,13,14). The Bertz CT molecular complexity index is 393. The molecule has 1 amide bonds. The number of nitrogens with one attached hydrogen (secondary N) is 1. The molecule has 0 radical (unpaired) electrons. The maximum absolute atomic E-state index is 11.5. The third-order valence-corrected chi connectivity index (χ3v) is 2.13. The average molecular weight is 253 g/mol. The van der Waals surface area contributed by atoms with E-state index in [4.69, 9.17) is 0 Å². The molecule has 1 heterocycles. The van der Waals surface area contributed by atoms with Crippen molar-refractivity contribution in [2.45, 2.75) is 6.92 Å². The SMILES string of the molecule is CC#CCNC(=O)c1ncccc1Br. The van der Waals surface area contributed by atoms with Crippen molar-refractivity contribution in [2.24, 2.45) is 0 Å². The predicted molar refractivity (Wildman–Crippen MR) is 57.7 cm³/mol. The van der Waals surface area contributed by atoms with Gasteiger partial charge in [-0.05, 0) is 35.0 Å². The van der Waals surface area contributed by atoms with E-state index in [-0.39, 0.29) is 5.91 Å². The van der Waals surface area contributed by atoms with Crippen LogP contribution in [0, 0.1) is 11.8 Å². The van der Waals surface area contributed by atoms with Crippen molar-refractivity contribution in [2.75, 3.05) is 6.54 Å². The molecule has 1 aromatic rings. The van der Waals surface area contributed by atoms with Gasteiger partial charge in [0.25, 0.3) is 5.91 Å². The summed E-state index contributed by atoms with van der Waals surface area (Å²) in [5.74, 6) is 5.21. The Labute approximate surface area is 91.1 Å². The zero-order chi connectivity index (χ0) is 10.4. The molecule has 0 saturated carbocycles. The molecule has 14 heavy (non-hydrogen) atoms. The number of carbonyl (C=O) groups excluding carboxylic acids is 1. The molecule has 0 aliphatic heterocycles. The number of carbonyl (C=O) groups is 1. The van der Waals surface area contributed by atoms with Gasteiger partial charge in [0.05, 0.1) is 6.54 Å². The van der Waals surface area contributed by atoms with E-state index in [2.05, 4.69) is 38.1 Å². The Balaban J connectivity index is 2.68. The highest BCUT2D eigenvalue weighted by Crippen LogP contribution is 2.12. The highest BCUT2D eigenvalue weighted by atomic mass is 79.9. The first-order valence-corrected chi connectivity index (χ1v) is 4.83. The summed E-state index contributed by atoms with van der Waals surface area (Å²) in [6.45, 7) is 2.07. The van der Waals surface area contributed by atoms with Crippen LogP contribution in [0.3, 0.4) is 0 Å². The Kier molecular flexibility index (Phi) is 4.14. The number of amides is 1. The van der Waals surface area contributed by atoms with Crippen molar-refractivity contribution in [3.05, 3.63) is 28.5 Å². The minimum atomic E-state index is -0.222. The number of rotatable bonds is 2. The van der Waals surface area contributed by atoms with Gasteiger partial charge in [0.1, 0.15) is 5.69 Å². The number of hydrogen-bond donors (Lipinski definition) is 1. The van der Waals surface area contributed by atoms with Crippen LogP contribution in [0.1, 0.15) is 17.4 Å². The van der Waals surface area contributed by atoms with Gasteiger partial charge in [0.15, 0.2) is 0 Å². The minimum Gasteiger partial charge on any atom is -0.340 e. The predicted octanol–water partition coefficient (Wildman–Crippen LogP) is 1.60. The summed E-state index contributed by atoms with van der Waals surface area (Å²) in [7, 11) is 0. The first-order chi connectivity index (χ1) is 6.75. The van der Waals surface area contributed by atoms with E-state index in [0.717, 1.165) is 0 Å². The van der Waals surface area contributed by atoms with Crippen LogP contribution in [0.15, 0.2) is 22.8 Å². The molecule has 0 aliphatic rings. The summed E-state index contributed by atoms with van der Waals surface area (Å²) in [6.07, 6.45) is 1.57. The van der Waals surface area contributed by atoms with Crippen LogP contribution >= 0.6 is 15.9 Å². The minimum absolute atomic E-state index is 0.222. The van der Waals surface area contributed by atoms with Crippen molar-refractivity contribution in [1.82, 2.24) is 10.3 Å². The molecule has 0 fully saturated rings. The number of aromatic nitrogens is 1. The number of nitrogens with zero attached hydrogens (tertiary/aromatic N) is 1. The van der Waals surface area contributed by atoms with Crippen LogP contribution in [-0.4, -0.2) is 17.4 Å². The first kappa shape index (κ1) is 10.7. The fourth-order valence-corrected chi connectivity index (χ4v) is 1.28. The molecule has 72 valence electrons. The zero-order valence-corrected chi connectivity index (χ0v) is 9.26. The maximum Gasteiger partial charge on any atom is 0.271 e. The van der Waals surface area contributed by atoms with Crippen LogP contribution in [0.2, 0.25) is 0 Å². The fourth-order valence-electron chi connectivity index (χ4n) is 0.849. The lowest BCUT2D eigenvalue weighted by Crippen LogP contribution is -2.24. The summed E-state index contributed by atoms with van der Waals surface area (Å²) >= 11 is 3.25. The quantitative estimate of drug-likeness (QED) is 0.813. The third-order valence-electron chi connectivity index (χ3n) is 1.49. The van der Waals surface area contributed by atoms with Crippen LogP contribution in [0.25, 0.3) is 0 Å². The van der Waals surface area contributed by atoms with Crippen molar-refractivity contribution in [1.29, 1.82) is 0 Å². The van der Waals surface area contributed by atoms with E-state index in [9.17, 15) is 4.79 Å². The topological polar surface area (TPSA) is 42.0 Å². The van der Waals surface area contributed by atoms with Gasteiger partial charge in [-0.3, -0.25) is 4.79 Å². The molecule has 0 saturated heterocycles. The van der Waals surface area contributed by atoms with Crippen LogP contribution in [0.4, 0.5) is 0 Å². The molecule has 0 atom stereocenters. The molecular weight excluding hydrogens is 244 g/mol. The van der Waals surface area contributed by atoms with Crippen molar-refractivity contribution in [3.63, 3.8) is 0 Å². The number of hydrogen-bond acceptors (Lipinski definition) is 2. The number of pyridine rings is 1. The van der Waals surface area contributed by atoms with E-state index < -0.39 is 0 Å². The lowest BCUT2D eigenvalue weighted by Gasteiger charge is -2.01. The Morgan fingerprint density at radius 1 is 1.71 bits per heavy atom. The summed E-state index contributed by atoms with van der Waals surface area (Å²) < 4.78 is 0.682. The molecule has 0 unspecified atom stereocenters. The fraction of sp³-hybridized carbons (Fsp3) is 0.200. The molecule has 0 bridgehead atoms. The van der Waals surface area contributed by atoms with Crippen LogP contribution in [-0.2, 0) is 0 Å². The summed E-state index contributed by atoms with van der Waals surface area (Å²) in [5, 5.41) is 2.64. The van der Waals surface area contributed by atoms with Gasteiger partial charge in [-0.2, -0.15) is 0 Å². The highest BCUT2D eigenvalue weighted by molar-refractivity contribution is 9.10. The van der Waals surface area contributed by atoms with Crippen LogP contribution in [0.5, 0.6) is 0 Å². The van der Waals surface area contributed by atoms with Gasteiger partial charge in [-0.25, -0.2) is 4.98 Å². The van der Waals surface area contributed by atoms with Crippen molar-refractivity contribution < 1.29 is 4.79 Å². The zero-order valence-electron chi connectivity index (χ0n) is 7.67. The third kappa shape index (κ3) is 2.86. The smallest absolute Gasteiger partial charge is 0.271 e. The van der Waals surface area contributed by atoms with Gasteiger partial charge in [0, 0.05) is 10.7 Å². The number of halogens is 1. The molecule has 1 rings (SSSR count). The summed E-state index contributed by atoms with van der Waals surface area (Å²) in [5.41, 5.74) is 0.380. The first-order valence-electron chi connectivity index (χ1n) is 4.04. The largest absolute Gasteiger partial charge is 0.340 e. The summed E-state index contributed by atoms with van der Waals surface area (Å²) in [6, 6.07) is 3.53. The monoisotopic (exact) mass is 252 g/mol. The molecule has 0 spiro atoms. The van der Waals surface area contributed by atoms with Crippen LogP contribution < -0.4 is 5.32 Å². The molecule has 0 aliphatic carbocycles. The second kappa shape index (κ2) is 5.40. The van der Waals surface area contributed by atoms with E-state index in [1.807, 2.05) is 0 Å². The Hall–Kier alpha value is -1.34. The molecular formula is C10H9BrN2O. The van der Waals surface area contributed by atoms with E-state index >= 15 is 0 Å². The average Bonchev–Trinajstić information content (AvgIpc) is 2.18. The van der Waals surface area contributed by atoms with Gasteiger partial charge in [-0.1, -0.05) is 5.92 Å². The molecule has 3 nitrogen and oxygen atoms in total. The van der Waals surface area contributed by atoms with Gasteiger partial charge < -0.3 is 5.32 Å². The molecule has 1 aromatic heterocycles. The summed E-state index contributed by atoms with van der Waals surface area (Å²) in [4.78, 5) is 15.4. The van der Waals surface area contributed by atoms with Crippen molar-refractivity contribution in [3.8, 4) is 11.8 Å². The Morgan fingerprint density at radius 2 is 2.50 bits per heavy atom. The molecule has 1 N–H and O–H groups in total. The van der Waals surface area contributed by atoms with Gasteiger partial charge in [-0.15, -0.1) is 5.92 Å². The lowest BCUT2D eigenvalue weighted by atomic mass is 10.3. The normalized spacial score (nSPS) is 8.71. The van der Waals surface area contributed by atoms with E-state index in [1.54, 1.807) is 25.3 Å².